The van der Waals surface area contributed by atoms with Gasteiger partial charge >= 0.3 is 0 Å². The molecule has 0 aromatic heterocycles. The second-order valence-corrected chi connectivity index (χ2v) is 8.48. The van der Waals surface area contributed by atoms with Crippen LogP contribution in [-0.2, 0) is 4.79 Å². The lowest BCUT2D eigenvalue weighted by Gasteiger charge is -2.13. The molecule has 0 heterocycles. The number of nitro benzene ring substituents is 2. The van der Waals surface area contributed by atoms with Crippen molar-refractivity contribution < 1.29 is 19.4 Å². The molecule has 0 aliphatic heterocycles. The summed E-state index contributed by atoms with van der Waals surface area (Å²) in [6.07, 6.45) is 1.24. The Morgan fingerprint density at radius 3 is 2.31 bits per heavy atom. The molecule has 0 aliphatic carbocycles. The molecular weight excluding hydrogens is 544 g/mol. The molecule has 2 amide bonds. The van der Waals surface area contributed by atoms with Crippen LogP contribution in [0.15, 0.2) is 70.8 Å². The van der Waals surface area contributed by atoms with Crippen molar-refractivity contribution in [2.75, 3.05) is 5.32 Å². The van der Waals surface area contributed by atoms with Crippen LogP contribution in [0, 0.1) is 27.2 Å². The topological polar surface area (TPSA) is 144 Å². The normalized spacial score (nSPS) is 11.0. The average Bonchev–Trinajstić information content (AvgIpc) is 2.80. The Hall–Kier alpha value is -4.09. The third-order valence-corrected chi connectivity index (χ3v) is 5.65. The number of carbonyl (C=O) groups excluding carboxylic acids is 2. The number of anilines is 1. The van der Waals surface area contributed by atoms with E-state index in [1.807, 2.05) is 6.92 Å². The number of hydrogen-bond donors (Lipinski definition) is 2. The van der Waals surface area contributed by atoms with Crippen molar-refractivity contribution in [3.05, 3.63) is 113 Å². The number of rotatable bonds is 7. The van der Waals surface area contributed by atoms with Gasteiger partial charge in [0.2, 0.25) is 0 Å². The van der Waals surface area contributed by atoms with Crippen LogP contribution in [0.2, 0.25) is 5.02 Å². The van der Waals surface area contributed by atoms with E-state index in [9.17, 15) is 29.8 Å². The standard InChI is InChI=1S/C23H16BrClN4O6/c1-13-5-8-20(18(24)9-13)26-23(31)21(11-14-3-2-4-15(10-14)28(32)33)27-22(30)17-12-16(29(34)35)6-7-19(17)25/h2-12H,1H3,(H,26,31)(H,27,30)/b21-11-. The second-order valence-electron chi connectivity index (χ2n) is 7.22. The number of nitrogens with zero attached hydrogens (tertiary/aromatic N) is 2. The molecule has 3 rings (SSSR count). The minimum atomic E-state index is -0.881. The third-order valence-electron chi connectivity index (χ3n) is 4.66. The predicted octanol–water partition coefficient (Wildman–Crippen LogP) is 5.64. The van der Waals surface area contributed by atoms with Gasteiger partial charge in [-0.15, -0.1) is 0 Å². The number of non-ortho nitro benzene ring substituents is 2. The molecule has 0 fully saturated rings. The van der Waals surface area contributed by atoms with Crippen molar-refractivity contribution in [2.45, 2.75) is 6.92 Å². The zero-order valence-corrected chi connectivity index (χ0v) is 20.3. The molecule has 0 aliphatic rings. The monoisotopic (exact) mass is 558 g/mol. The minimum absolute atomic E-state index is 0.0653. The Kier molecular flexibility index (Phi) is 7.94. The molecule has 0 spiro atoms. The quantitative estimate of drug-likeness (QED) is 0.218. The fourth-order valence-corrected chi connectivity index (χ4v) is 3.75. The van der Waals surface area contributed by atoms with Crippen molar-refractivity contribution in [2.24, 2.45) is 0 Å². The lowest BCUT2D eigenvalue weighted by molar-refractivity contribution is -0.385. The van der Waals surface area contributed by atoms with Gasteiger partial charge in [-0.3, -0.25) is 29.8 Å². The zero-order chi connectivity index (χ0) is 25.7. The Morgan fingerprint density at radius 2 is 1.66 bits per heavy atom. The van der Waals surface area contributed by atoms with E-state index in [0.29, 0.717) is 10.2 Å². The smallest absolute Gasteiger partial charge is 0.272 e. The van der Waals surface area contributed by atoms with E-state index in [2.05, 4.69) is 26.6 Å². The highest BCUT2D eigenvalue weighted by atomic mass is 79.9. The Labute approximate surface area is 212 Å². The van der Waals surface area contributed by atoms with Crippen LogP contribution in [-0.4, -0.2) is 21.7 Å². The van der Waals surface area contributed by atoms with Gasteiger partial charge in [-0.2, -0.15) is 0 Å². The van der Waals surface area contributed by atoms with E-state index in [1.54, 1.807) is 18.2 Å². The SMILES string of the molecule is Cc1ccc(NC(=O)/C(=C/c2cccc([N+](=O)[O-])c2)NC(=O)c2cc([N+](=O)[O-])ccc2Cl)c(Br)c1. The largest absolute Gasteiger partial charge is 0.320 e. The van der Waals surface area contributed by atoms with Gasteiger partial charge in [0, 0.05) is 28.7 Å². The Morgan fingerprint density at radius 1 is 0.971 bits per heavy atom. The number of carbonyl (C=O) groups is 2. The molecule has 3 aromatic rings. The first kappa shape index (κ1) is 25.5. The predicted molar refractivity (Wildman–Crippen MR) is 134 cm³/mol. The number of nitro groups is 2. The van der Waals surface area contributed by atoms with Crippen LogP contribution in [0.5, 0.6) is 0 Å². The number of hydrogen-bond acceptors (Lipinski definition) is 6. The summed E-state index contributed by atoms with van der Waals surface area (Å²) in [5.41, 5.74) is 0.534. The van der Waals surface area contributed by atoms with Gasteiger partial charge in [0.05, 0.1) is 26.1 Å². The van der Waals surface area contributed by atoms with E-state index in [1.165, 1.54) is 36.4 Å². The molecule has 12 heteroatoms. The van der Waals surface area contributed by atoms with E-state index < -0.39 is 21.7 Å². The summed E-state index contributed by atoms with van der Waals surface area (Å²) in [4.78, 5) is 47.0. The molecule has 3 aromatic carbocycles. The summed E-state index contributed by atoms with van der Waals surface area (Å²) in [6.45, 7) is 1.87. The maximum absolute atomic E-state index is 13.1. The first-order valence-electron chi connectivity index (χ1n) is 9.84. The van der Waals surface area contributed by atoms with Crippen LogP contribution in [0.25, 0.3) is 6.08 Å². The molecule has 35 heavy (non-hydrogen) atoms. The van der Waals surface area contributed by atoms with Gasteiger partial charge in [0.15, 0.2) is 0 Å². The first-order chi connectivity index (χ1) is 16.5. The maximum atomic E-state index is 13.1. The van der Waals surface area contributed by atoms with Gasteiger partial charge in [-0.25, -0.2) is 0 Å². The molecular formula is C23H16BrClN4O6. The summed E-state index contributed by atoms with van der Waals surface area (Å²) in [7, 11) is 0. The number of amides is 2. The van der Waals surface area contributed by atoms with Gasteiger partial charge in [0.25, 0.3) is 23.2 Å². The van der Waals surface area contributed by atoms with Gasteiger partial charge in [-0.05, 0) is 58.3 Å². The first-order valence-corrected chi connectivity index (χ1v) is 11.0. The summed E-state index contributed by atoms with van der Waals surface area (Å²) in [5, 5.41) is 27.2. The molecule has 0 bridgehead atoms. The van der Waals surface area contributed by atoms with Crippen LogP contribution in [0.4, 0.5) is 17.1 Å². The van der Waals surface area contributed by atoms with E-state index in [0.717, 1.165) is 17.7 Å². The van der Waals surface area contributed by atoms with E-state index in [-0.39, 0.29) is 33.2 Å². The molecule has 178 valence electrons. The van der Waals surface area contributed by atoms with Gasteiger partial charge in [0.1, 0.15) is 5.70 Å². The van der Waals surface area contributed by atoms with E-state index in [4.69, 9.17) is 11.6 Å². The van der Waals surface area contributed by atoms with E-state index >= 15 is 0 Å². The van der Waals surface area contributed by atoms with Crippen LogP contribution < -0.4 is 10.6 Å². The fraction of sp³-hybridized carbons (Fsp3) is 0.0435. The molecule has 2 N–H and O–H groups in total. The molecule has 0 unspecified atom stereocenters. The van der Waals surface area contributed by atoms with Crippen molar-refractivity contribution in [3.8, 4) is 0 Å². The van der Waals surface area contributed by atoms with Crippen LogP contribution in [0.3, 0.4) is 0 Å². The summed E-state index contributed by atoms with van der Waals surface area (Å²) >= 11 is 9.41. The van der Waals surface area contributed by atoms with Gasteiger partial charge in [-0.1, -0.05) is 29.8 Å². The summed E-state index contributed by atoms with van der Waals surface area (Å²) in [5.74, 6) is -1.62. The van der Waals surface area contributed by atoms with Crippen molar-refractivity contribution in [1.29, 1.82) is 0 Å². The zero-order valence-electron chi connectivity index (χ0n) is 18.0. The van der Waals surface area contributed by atoms with Crippen molar-refractivity contribution >= 4 is 62.5 Å². The third kappa shape index (κ3) is 6.49. The fourth-order valence-electron chi connectivity index (χ4n) is 2.95. The highest BCUT2D eigenvalue weighted by Gasteiger charge is 2.20. The Bertz CT molecular complexity index is 1390. The molecule has 0 atom stereocenters. The number of nitrogens with one attached hydrogen (secondary N) is 2. The molecule has 0 saturated heterocycles. The average molecular weight is 560 g/mol. The summed E-state index contributed by atoms with van der Waals surface area (Å²) < 4.78 is 0.591. The molecule has 10 nitrogen and oxygen atoms in total. The lowest BCUT2D eigenvalue weighted by Crippen LogP contribution is -2.31. The second kappa shape index (κ2) is 10.9. The summed E-state index contributed by atoms with van der Waals surface area (Å²) in [6, 6.07) is 14.0. The number of aryl methyl sites for hydroxylation is 1. The maximum Gasteiger partial charge on any atom is 0.272 e. The highest BCUT2D eigenvalue weighted by molar-refractivity contribution is 9.10. The lowest BCUT2D eigenvalue weighted by atomic mass is 10.1. The van der Waals surface area contributed by atoms with Crippen molar-refractivity contribution in [1.82, 2.24) is 5.32 Å². The highest BCUT2D eigenvalue weighted by Crippen LogP contribution is 2.25. The molecule has 0 radical (unpaired) electrons. The molecule has 0 saturated carbocycles. The van der Waals surface area contributed by atoms with Crippen molar-refractivity contribution in [3.63, 3.8) is 0 Å². The number of halogens is 2. The Balaban J connectivity index is 2.01. The number of benzene rings is 3. The van der Waals surface area contributed by atoms with Crippen LogP contribution >= 0.6 is 27.5 Å². The minimum Gasteiger partial charge on any atom is -0.320 e. The van der Waals surface area contributed by atoms with Crippen LogP contribution in [0.1, 0.15) is 21.5 Å². The van der Waals surface area contributed by atoms with Gasteiger partial charge < -0.3 is 10.6 Å².